The van der Waals surface area contributed by atoms with Crippen LogP contribution in [0.1, 0.15) is 29.8 Å². The van der Waals surface area contributed by atoms with E-state index in [0.29, 0.717) is 10.7 Å². The second-order valence-electron chi connectivity index (χ2n) is 6.91. The number of ether oxygens (including phenoxy) is 1. The van der Waals surface area contributed by atoms with Crippen LogP contribution in [0.5, 0.6) is 5.75 Å². The monoisotopic (exact) mass is 397 g/mol. The normalized spacial score (nSPS) is 12.0. The Bertz CT molecular complexity index is 1010. The number of fused-ring (bicyclic) bond motifs is 1. The molecule has 3 aromatic rings. The van der Waals surface area contributed by atoms with Crippen LogP contribution < -0.4 is 15.4 Å². The zero-order chi connectivity index (χ0) is 20.3. The predicted octanol–water partition coefficient (Wildman–Crippen LogP) is 4.01. The maximum atomic E-state index is 12.8. The molecule has 146 valence electrons. The van der Waals surface area contributed by atoms with Crippen molar-refractivity contribution >= 4 is 38.5 Å². The van der Waals surface area contributed by atoms with Gasteiger partial charge in [-0.3, -0.25) is 9.59 Å². The minimum Gasteiger partial charge on any atom is -0.497 e. The molecule has 0 unspecified atom stereocenters. The molecule has 7 heteroatoms. The standard InChI is InChI=1S/C21H23N3O3S/c1-12(2)18(23-19(25)14-7-5-6-13(3)10-14)20(26)24-21-22-16-9-8-15(27-4)11-17(16)28-21/h5-12,18H,1-4H3,(H,23,25)(H,22,24,26)/t18-/m0/s1. The highest BCUT2D eigenvalue weighted by atomic mass is 32.1. The van der Waals surface area contributed by atoms with Crippen molar-refractivity contribution in [2.24, 2.45) is 5.92 Å². The molecule has 1 heterocycles. The summed E-state index contributed by atoms with van der Waals surface area (Å²) < 4.78 is 6.14. The van der Waals surface area contributed by atoms with E-state index in [1.165, 1.54) is 11.3 Å². The molecule has 1 aromatic heterocycles. The second-order valence-corrected chi connectivity index (χ2v) is 7.94. The molecule has 0 aliphatic carbocycles. The van der Waals surface area contributed by atoms with Crippen LogP contribution in [0.3, 0.4) is 0 Å². The van der Waals surface area contributed by atoms with E-state index in [2.05, 4.69) is 15.6 Å². The quantitative estimate of drug-likeness (QED) is 0.659. The topological polar surface area (TPSA) is 80.3 Å². The molecule has 0 aliphatic rings. The summed E-state index contributed by atoms with van der Waals surface area (Å²) in [4.78, 5) is 29.8. The van der Waals surface area contributed by atoms with Crippen molar-refractivity contribution < 1.29 is 14.3 Å². The molecule has 28 heavy (non-hydrogen) atoms. The average Bonchev–Trinajstić information content (AvgIpc) is 3.06. The first-order valence-electron chi connectivity index (χ1n) is 9.00. The van der Waals surface area contributed by atoms with Crippen molar-refractivity contribution in [2.45, 2.75) is 26.8 Å². The van der Waals surface area contributed by atoms with Gasteiger partial charge in [-0.05, 0) is 43.2 Å². The first kappa shape index (κ1) is 19.8. The van der Waals surface area contributed by atoms with Gasteiger partial charge in [0.1, 0.15) is 11.8 Å². The van der Waals surface area contributed by atoms with Crippen LogP contribution in [-0.4, -0.2) is 29.9 Å². The Morgan fingerprint density at radius 3 is 2.61 bits per heavy atom. The van der Waals surface area contributed by atoms with Crippen LogP contribution in [0, 0.1) is 12.8 Å². The number of rotatable bonds is 6. The highest BCUT2D eigenvalue weighted by Crippen LogP contribution is 2.29. The first-order chi connectivity index (χ1) is 13.4. The van der Waals surface area contributed by atoms with E-state index >= 15 is 0 Å². The van der Waals surface area contributed by atoms with E-state index in [-0.39, 0.29) is 17.7 Å². The molecule has 6 nitrogen and oxygen atoms in total. The molecule has 0 radical (unpaired) electrons. The number of hydrogen-bond donors (Lipinski definition) is 2. The summed E-state index contributed by atoms with van der Waals surface area (Å²) in [6.45, 7) is 5.71. The predicted molar refractivity (Wildman–Crippen MR) is 112 cm³/mol. The van der Waals surface area contributed by atoms with Crippen molar-refractivity contribution in [3.8, 4) is 5.75 Å². The van der Waals surface area contributed by atoms with Gasteiger partial charge in [0.15, 0.2) is 5.13 Å². The molecular formula is C21H23N3O3S. The zero-order valence-electron chi connectivity index (χ0n) is 16.3. The number of anilines is 1. The van der Waals surface area contributed by atoms with Gasteiger partial charge in [-0.2, -0.15) is 0 Å². The summed E-state index contributed by atoms with van der Waals surface area (Å²) in [5, 5.41) is 6.16. The van der Waals surface area contributed by atoms with E-state index < -0.39 is 6.04 Å². The number of methoxy groups -OCH3 is 1. The highest BCUT2D eigenvalue weighted by molar-refractivity contribution is 7.22. The maximum Gasteiger partial charge on any atom is 0.251 e. The first-order valence-corrected chi connectivity index (χ1v) is 9.82. The maximum absolute atomic E-state index is 12.8. The third kappa shape index (κ3) is 4.48. The van der Waals surface area contributed by atoms with Crippen molar-refractivity contribution in [2.75, 3.05) is 12.4 Å². The fourth-order valence-electron chi connectivity index (χ4n) is 2.81. The molecule has 2 amide bonds. The van der Waals surface area contributed by atoms with Gasteiger partial charge in [-0.15, -0.1) is 0 Å². The van der Waals surface area contributed by atoms with E-state index in [4.69, 9.17) is 4.74 Å². The Morgan fingerprint density at radius 2 is 1.93 bits per heavy atom. The van der Waals surface area contributed by atoms with Crippen LogP contribution >= 0.6 is 11.3 Å². The molecule has 0 aliphatic heterocycles. The lowest BCUT2D eigenvalue weighted by Crippen LogP contribution is -2.47. The Morgan fingerprint density at radius 1 is 1.14 bits per heavy atom. The molecular weight excluding hydrogens is 374 g/mol. The van der Waals surface area contributed by atoms with Gasteiger partial charge in [0.2, 0.25) is 5.91 Å². The lowest BCUT2D eigenvalue weighted by Gasteiger charge is -2.21. The molecule has 0 saturated carbocycles. The zero-order valence-corrected chi connectivity index (χ0v) is 17.1. The largest absolute Gasteiger partial charge is 0.497 e. The summed E-state index contributed by atoms with van der Waals surface area (Å²) in [6.07, 6.45) is 0. The van der Waals surface area contributed by atoms with Gasteiger partial charge in [-0.25, -0.2) is 4.98 Å². The van der Waals surface area contributed by atoms with Crippen molar-refractivity contribution in [3.05, 3.63) is 53.6 Å². The fraction of sp³-hybridized carbons (Fsp3) is 0.286. The molecule has 2 aromatic carbocycles. The van der Waals surface area contributed by atoms with Crippen LogP contribution in [0.25, 0.3) is 10.2 Å². The Balaban J connectivity index is 1.75. The second kappa shape index (κ2) is 8.39. The van der Waals surface area contributed by atoms with Gasteiger partial charge >= 0.3 is 0 Å². The molecule has 3 rings (SSSR count). The van der Waals surface area contributed by atoms with Crippen LogP contribution in [0.15, 0.2) is 42.5 Å². The number of carbonyl (C=O) groups excluding carboxylic acids is 2. The van der Waals surface area contributed by atoms with Crippen molar-refractivity contribution in [1.29, 1.82) is 0 Å². The van der Waals surface area contributed by atoms with E-state index in [1.54, 1.807) is 19.2 Å². The number of aryl methyl sites for hydroxylation is 1. The smallest absolute Gasteiger partial charge is 0.251 e. The minimum atomic E-state index is -0.672. The molecule has 0 bridgehead atoms. The molecule has 0 spiro atoms. The summed E-state index contributed by atoms with van der Waals surface area (Å²) >= 11 is 1.37. The number of nitrogens with zero attached hydrogens (tertiary/aromatic N) is 1. The Hall–Kier alpha value is -2.93. The van der Waals surface area contributed by atoms with E-state index in [1.807, 2.05) is 51.1 Å². The van der Waals surface area contributed by atoms with E-state index in [0.717, 1.165) is 21.5 Å². The number of carbonyl (C=O) groups is 2. The fourth-order valence-corrected chi connectivity index (χ4v) is 3.71. The van der Waals surface area contributed by atoms with Crippen LogP contribution in [0.2, 0.25) is 0 Å². The third-order valence-corrected chi connectivity index (χ3v) is 5.28. The average molecular weight is 398 g/mol. The number of nitrogens with one attached hydrogen (secondary N) is 2. The number of hydrogen-bond acceptors (Lipinski definition) is 5. The molecule has 1 atom stereocenters. The van der Waals surface area contributed by atoms with Crippen molar-refractivity contribution in [3.63, 3.8) is 0 Å². The summed E-state index contributed by atoms with van der Waals surface area (Å²) in [5.41, 5.74) is 2.31. The minimum absolute atomic E-state index is 0.0803. The third-order valence-electron chi connectivity index (χ3n) is 4.34. The number of thiazole rings is 1. The molecule has 0 saturated heterocycles. The van der Waals surface area contributed by atoms with Gasteiger partial charge < -0.3 is 15.4 Å². The van der Waals surface area contributed by atoms with Gasteiger partial charge in [-0.1, -0.05) is 42.9 Å². The van der Waals surface area contributed by atoms with Gasteiger partial charge in [0.25, 0.3) is 5.91 Å². The van der Waals surface area contributed by atoms with E-state index in [9.17, 15) is 9.59 Å². The van der Waals surface area contributed by atoms with Crippen molar-refractivity contribution in [1.82, 2.24) is 10.3 Å². The van der Waals surface area contributed by atoms with Crippen LogP contribution in [-0.2, 0) is 4.79 Å². The Labute approximate surface area is 167 Å². The highest BCUT2D eigenvalue weighted by Gasteiger charge is 2.25. The SMILES string of the molecule is COc1ccc2nc(NC(=O)[C@@H](NC(=O)c3cccc(C)c3)C(C)C)sc2c1. The van der Waals surface area contributed by atoms with Gasteiger partial charge in [0.05, 0.1) is 17.3 Å². The summed E-state index contributed by atoms with van der Waals surface area (Å²) in [6, 6.07) is 12.2. The van der Waals surface area contributed by atoms with Gasteiger partial charge in [0, 0.05) is 5.56 Å². The van der Waals surface area contributed by atoms with Crippen LogP contribution in [0.4, 0.5) is 5.13 Å². The lowest BCUT2D eigenvalue weighted by atomic mass is 10.0. The number of amides is 2. The number of aromatic nitrogens is 1. The Kier molecular flexibility index (Phi) is 5.94. The summed E-state index contributed by atoms with van der Waals surface area (Å²) in [5.74, 6) is 0.0938. The molecule has 0 fully saturated rings. The summed E-state index contributed by atoms with van der Waals surface area (Å²) in [7, 11) is 1.61. The molecule has 2 N–H and O–H groups in total. The number of benzene rings is 2. The lowest BCUT2D eigenvalue weighted by molar-refractivity contribution is -0.118.